The maximum atomic E-state index is 12.4. The van der Waals surface area contributed by atoms with Gasteiger partial charge in [-0.05, 0) is 25.3 Å². The molecule has 7 heteroatoms. The van der Waals surface area contributed by atoms with E-state index in [1.165, 1.54) is 0 Å². The highest BCUT2D eigenvalue weighted by molar-refractivity contribution is 5.93. The van der Waals surface area contributed by atoms with Crippen LogP contribution in [0, 0.1) is 6.92 Å². The van der Waals surface area contributed by atoms with Gasteiger partial charge in [0.2, 0.25) is 0 Å². The van der Waals surface area contributed by atoms with Crippen LogP contribution in [0.1, 0.15) is 24.1 Å². The number of nitrogens with one attached hydrogen (secondary N) is 1. The van der Waals surface area contributed by atoms with Crippen molar-refractivity contribution in [2.45, 2.75) is 38.5 Å². The summed E-state index contributed by atoms with van der Waals surface area (Å²) in [6.45, 7) is 2.98. The number of benzene rings is 1. The van der Waals surface area contributed by atoms with Crippen molar-refractivity contribution in [1.82, 2.24) is 9.78 Å². The molecule has 0 radical (unpaired) electrons. The molecule has 0 bridgehead atoms. The molecule has 1 fully saturated rings. The molecule has 1 aromatic heterocycles. The Balaban J connectivity index is 0.00000208. The van der Waals surface area contributed by atoms with Crippen LogP contribution in [0.5, 0.6) is 0 Å². The summed E-state index contributed by atoms with van der Waals surface area (Å²) in [5.41, 5.74) is 7.59. The topological polar surface area (TPSA) is 82.2 Å². The molecule has 3 rings (SSSR count). The molecule has 6 nitrogen and oxygen atoms in total. The van der Waals surface area contributed by atoms with Crippen molar-refractivity contribution in [2.75, 3.05) is 11.9 Å². The average Bonchev–Trinajstić information content (AvgIpc) is 3.15. The Morgan fingerprint density at radius 3 is 2.79 bits per heavy atom. The zero-order chi connectivity index (χ0) is 16.2. The number of rotatable bonds is 5. The minimum atomic E-state index is -0.427. The molecule has 1 aliphatic rings. The summed E-state index contributed by atoms with van der Waals surface area (Å²) in [5, 5.41) is 7.39. The number of ether oxygens (including phenoxy) is 1. The third kappa shape index (κ3) is 4.35. The lowest BCUT2D eigenvalue weighted by Crippen LogP contribution is -2.30. The predicted molar refractivity (Wildman–Crippen MR) is 95.3 cm³/mol. The molecule has 1 aromatic carbocycles. The van der Waals surface area contributed by atoms with Crippen LogP contribution in [-0.2, 0) is 16.1 Å². The largest absolute Gasteiger partial charge is 0.364 e. The maximum absolute atomic E-state index is 12.4. The van der Waals surface area contributed by atoms with Crippen LogP contribution in [0.3, 0.4) is 0 Å². The van der Waals surface area contributed by atoms with Gasteiger partial charge in [0.05, 0.1) is 18.3 Å². The number of anilines is 1. The molecule has 0 aliphatic carbocycles. The van der Waals surface area contributed by atoms with Gasteiger partial charge in [0.1, 0.15) is 11.9 Å². The van der Waals surface area contributed by atoms with Gasteiger partial charge in [-0.15, -0.1) is 12.4 Å². The lowest BCUT2D eigenvalue weighted by Gasteiger charge is -2.13. The van der Waals surface area contributed by atoms with Crippen molar-refractivity contribution >= 4 is 24.1 Å². The first kappa shape index (κ1) is 18.4. The van der Waals surface area contributed by atoms with Gasteiger partial charge in [0.25, 0.3) is 5.91 Å². The van der Waals surface area contributed by atoms with Crippen LogP contribution in [0.2, 0.25) is 0 Å². The van der Waals surface area contributed by atoms with Gasteiger partial charge < -0.3 is 15.8 Å². The van der Waals surface area contributed by atoms with Crippen LogP contribution in [-0.4, -0.2) is 34.4 Å². The number of hydrogen-bond acceptors (Lipinski definition) is 4. The Kier molecular flexibility index (Phi) is 6.36. The molecule has 1 aliphatic heterocycles. The molecule has 0 saturated carbocycles. The van der Waals surface area contributed by atoms with E-state index in [2.05, 4.69) is 10.4 Å². The molecular formula is C17H23ClN4O2. The van der Waals surface area contributed by atoms with E-state index in [1.807, 2.05) is 43.3 Å². The molecule has 2 aromatic rings. The van der Waals surface area contributed by atoms with Gasteiger partial charge in [0, 0.05) is 12.6 Å². The van der Waals surface area contributed by atoms with E-state index in [9.17, 15) is 4.79 Å². The van der Waals surface area contributed by atoms with Gasteiger partial charge in [-0.25, -0.2) is 4.68 Å². The fourth-order valence-corrected chi connectivity index (χ4v) is 2.80. The molecule has 1 amide bonds. The average molecular weight is 351 g/mol. The number of amides is 1. The lowest BCUT2D eigenvalue weighted by atomic mass is 10.2. The first-order valence-electron chi connectivity index (χ1n) is 7.90. The third-order valence-corrected chi connectivity index (χ3v) is 3.99. The SMILES string of the molecule is Cc1cc(NC(=O)[C@@H]2CC[C@H](CN)O2)n(Cc2ccccc2)n1.Cl. The Labute approximate surface area is 147 Å². The summed E-state index contributed by atoms with van der Waals surface area (Å²) in [4.78, 5) is 12.4. The molecular weight excluding hydrogens is 328 g/mol. The Morgan fingerprint density at radius 1 is 1.38 bits per heavy atom. The highest BCUT2D eigenvalue weighted by Crippen LogP contribution is 2.21. The first-order chi connectivity index (χ1) is 11.2. The third-order valence-electron chi connectivity index (χ3n) is 3.99. The second kappa shape index (κ2) is 8.28. The summed E-state index contributed by atoms with van der Waals surface area (Å²) in [7, 11) is 0. The molecule has 0 unspecified atom stereocenters. The normalized spacial score (nSPS) is 19.8. The van der Waals surface area contributed by atoms with Crippen molar-refractivity contribution in [2.24, 2.45) is 5.73 Å². The summed E-state index contributed by atoms with van der Waals surface area (Å²) in [6, 6.07) is 11.9. The van der Waals surface area contributed by atoms with Gasteiger partial charge in [0.15, 0.2) is 0 Å². The van der Waals surface area contributed by atoms with Crippen LogP contribution in [0.25, 0.3) is 0 Å². The quantitative estimate of drug-likeness (QED) is 0.865. The number of nitrogens with zero attached hydrogens (tertiary/aromatic N) is 2. The van der Waals surface area contributed by atoms with Gasteiger partial charge in [-0.2, -0.15) is 5.10 Å². The van der Waals surface area contributed by atoms with Crippen molar-refractivity contribution in [3.8, 4) is 0 Å². The molecule has 24 heavy (non-hydrogen) atoms. The maximum Gasteiger partial charge on any atom is 0.254 e. The highest BCUT2D eigenvalue weighted by atomic mass is 35.5. The second-order valence-electron chi connectivity index (χ2n) is 5.86. The molecule has 2 atom stereocenters. The number of aryl methyl sites for hydroxylation is 1. The monoisotopic (exact) mass is 350 g/mol. The van der Waals surface area contributed by atoms with Crippen molar-refractivity contribution in [1.29, 1.82) is 0 Å². The number of carbonyl (C=O) groups is 1. The van der Waals surface area contributed by atoms with E-state index >= 15 is 0 Å². The smallest absolute Gasteiger partial charge is 0.254 e. The molecule has 1 saturated heterocycles. The minimum absolute atomic E-state index is 0. The summed E-state index contributed by atoms with van der Waals surface area (Å²) in [6.07, 6.45) is 1.10. The van der Waals surface area contributed by atoms with Crippen LogP contribution in [0.4, 0.5) is 5.82 Å². The summed E-state index contributed by atoms with van der Waals surface area (Å²) < 4.78 is 7.45. The van der Waals surface area contributed by atoms with Gasteiger partial charge >= 0.3 is 0 Å². The number of carbonyl (C=O) groups excluding carboxylic acids is 1. The van der Waals surface area contributed by atoms with Crippen LogP contribution < -0.4 is 11.1 Å². The molecule has 130 valence electrons. The van der Waals surface area contributed by atoms with E-state index in [4.69, 9.17) is 10.5 Å². The fourth-order valence-electron chi connectivity index (χ4n) is 2.80. The van der Waals surface area contributed by atoms with E-state index in [0.717, 1.165) is 17.7 Å². The Bertz CT molecular complexity index is 674. The Hall–Kier alpha value is -1.89. The Morgan fingerprint density at radius 2 is 2.12 bits per heavy atom. The van der Waals surface area contributed by atoms with E-state index in [1.54, 1.807) is 4.68 Å². The lowest BCUT2D eigenvalue weighted by molar-refractivity contribution is -0.126. The van der Waals surface area contributed by atoms with Crippen LogP contribution >= 0.6 is 12.4 Å². The standard InChI is InChI=1S/C17H22N4O2.ClH/c1-12-9-16(19-17(22)15-8-7-14(10-18)23-15)21(20-12)11-13-5-3-2-4-6-13;/h2-6,9,14-15H,7-8,10-11,18H2,1H3,(H,19,22);1H/t14-,15+;/m1./s1. The van der Waals surface area contributed by atoms with E-state index < -0.39 is 6.10 Å². The fraction of sp³-hybridized carbons (Fsp3) is 0.412. The molecule has 3 N–H and O–H groups in total. The number of hydrogen-bond donors (Lipinski definition) is 2. The van der Waals surface area contributed by atoms with Crippen LogP contribution in [0.15, 0.2) is 36.4 Å². The van der Waals surface area contributed by atoms with Crippen molar-refractivity contribution < 1.29 is 9.53 Å². The second-order valence-corrected chi connectivity index (χ2v) is 5.86. The first-order valence-corrected chi connectivity index (χ1v) is 7.90. The highest BCUT2D eigenvalue weighted by Gasteiger charge is 2.30. The van der Waals surface area contributed by atoms with Crippen molar-refractivity contribution in [3.63, 3.8) is 0 Å². The molecule has 0 spiro atoms. The van der Waals surface area contributed by atoms with Gasteiger partial charge in [-0.3, -0.25) is 4.79 Å². The summed E-state index contributed by atoms with van der Waals surface area (Å²) in [5.74, 6) is 0.561. The number of halogens is 1. The summed E-state index contributed by atoms with van der Waals surface area (Å²) >= 11 is 0. The van der Waals surface area contributed by atoms with E-state index in [-0.39, 0.29) is 24.4 Å². The predicted octanol–water partition coefficient (Wildman–Crippen LogP) is 2.11. The number of aromatic nitrogens is 2. The van der Waals surface area contributed by atoms with Gasteiger partial charge in [-0.1, -0.05) is 30.3 Å². The van der Waals surface area contributed by atoms with E-state index in [0.29, 0.717) is 25.3 Å². The molecule has 2 heterocycles. The minimum Gasteiger partial charge on any atom is -0.364 e. The zero-order valence-electron chi connectivity index (χ0n) is 13.6. The van der Waals surface area contributed by atoms with Crippen molar-refractivity contribution in [3.05, 3.63) is 47.7 Å². The zero-order valence-corrected chi connectivity index (χ0v) is 14.5. The number of nitrogens with two attached hydrogens (primary N) is 1.